The van der Waals surface area contributed by atoms with Crippen LogP contribution in [0.3, 0.4) is 0 Å². The number of hydrogen-bond donors (Lipinski definition) is 1. The Morgan fingerprint density at radius 3 is 2.49 bits per heavy atom. The monoisotopic (exact) mass is 502 g/mol. The summed E-state index contributed by atoms with van der Waals surface area (Å²) >= 11 is 5.66. The van der Waals surface area contributed by atoms with Crippen molar-refractivity contribution in [1.82, 2.24) is 4.98 Å². The molecule has 0 aliphatic heterocycles. The van der Waals surface area contributed by atoms with Crippen molar-refractivity contribution in [2.24, 2.45) is 0 Å². The number of oxazole rings is 1. The lowest BCUT2D eigenvalue weighted by molar-refractivity contribution is -0.137. The molecule has 0 saturated heterocycles. The first-order valence-corrected chi connectivity index (χ1v) is 10.5. The van der Waals surface area contributed by atoms with Crippen LogP contribution in [-0.4, -0.2) is 25.1 Å². The van der Waals surface area contributed by atoms with E-state index < -0.39 is 22.7 Å². The molecule has 0 fully saturated rings. The van der Waals surface area contributed by atoms with Gasteiger partial charge in [-0.25, -0.2) is 4.98 Å². The number of aromatic nitrogens is 1. The normalized spacial score (nSPS) is 11.3. The number of rotatable bonds is 6. The Balaban J connectivity index is 1.65. The fourth-order valence-corrected chi connectivity index (χ4v) is 3.64. The van der Waals surface area contributed by atoms with Crippen LogP contribution >= 0.6 is 11.6 Å². The van der Waals surface area contributed by atoms with Crippen LogP contribution in [0.5, 0.6) is 11.5 Å². The number of benzene rings is 3. The van der Waals surface area contributed by atoms with Crippen LogP contribution in [0, 0.1) is 0 Å². The maximum Gasteiger partial charge on any atom is 0.417 e. The number of alkyl halides is 3. The second-order valence-electron chi connectivity index (χ2n) is 7.29. The number of carbonyl (C=O) groups is 1. The molecule has 0 bridgehead atoms. The number of nitrogens with one attached hydrogen (secondary N) is 1. The molecule has 180 valence electrons. The lowest BCUT2D eigenvalue weighted by Crippen LogP contribution is -2.14. The largest absolute Gasteiger partial charge is 0.497 e. The van der Waals surface area contributed by atoms with E-state index in [1.807, 2.05) is 0 Å². The molecule has 0 saturated carbocycles. The third-order valence-electron chi connectivity index (χ3n) is 5.11. The minimum absolute atomic E-state index is 0.0578. The molecule has 4 aromatic rings. The van der Waals surface area contributed by atoms with E-state index in [0.717, 1.165) is 12.1 Å². The van der Waals surface area contributed by atoms with Crippen molar-refractivity contribution < 1.29 is 31.9 Å². The van der Waals surface area contributed by atoms with E-state index in [4.69, 9.17) is 25.5 Å². The first-order valence-electron chi connectivity index (χ1n) is 10.2. The van der Waals surface area contributed by atoms with E-state index in [1.165, 1.54) is 32.5 Å². The summed E-state index contributed by atoms with van der Waals surface area (Å²) in [6, 6.07) is 14.8. The quantitative estimate of drug-likeness (QED) is 0.309. The van der Waals surface area contributed by atoms with Gasteiger partial charge in [0.15, 0.2) is 5.76 Å². The maximum atomic E-state index is 13.2. The maximum absolute atomic E-state index is 13.2. The van der Waals surface area contributed by atoms with Gasteiger partial charge in [0.2, 0.25) is 5.89 Å². The lowest BCUT2D eigenvalue weighted by Gasteiger charge is -2.12. The summed E-state index contributed by atoms with van der Waals surface area (Å²) in [5.74, 6) is 1.00. The molecule has 1 amide bonds. The van der Waals surface area contributed by atoms with Gasteiger partial charge in [0.1, 0.15) is 11.5 Å². The number of hydrogen-bond acceptors (Lipinski definition) is 5. The molecular weight excluding hydrogens is 485 g/mol. The molecule has 1 aromatic heterocycles. The Morgan fingerprint density at radius 1 is 1.00 bits per heavy atom. The minimum Gasteiger partial charge on any atom is -0.497 e. The number of anilines is 1. The van der Waals surface area contributed by atoms with Crippen LogP contribution in [0.25, 0.3) is 22.8 Å². The van der Waals surface area contributed by atoms with Gasteiger partial charge in [-0.3, -0.25) is 4.79 Å². The molecule has 6 nitrogen and oxygen atoms in total. The fourth-order valence-electron chi connectivity index (χ4n) is 3.41. The smallest absolute Gasteiger partial charge is 0.417 e. The number of ether oxygens (including phenoxy) is 2. The summed E-state index contributed by atoms with van der Waals surface area (Å²) in [4.78, 5) is 17.3. The summed E-state index contributed by atoms with van der Waals surface area (Å²) in [6.07, 6.45) is -3.17. The Hall–Kier alpha value is -3.98. The lowest BCUT2D eigenvalue weighted by atomic mass is 10.1. The Kier molecular flexibility index (Phi) is 6.70. The van der Waals surface area contributed by atoms with Gasteiger partial charge < -0.3 is 19.2 Å². The first kappa shape index (κ1) is 24.2. The highest BCUT2D eigenvalue weighted by Gasteiger charge is 2.33. The van der Waals surface area contributed by atoms with Crippen LogP contribution in [0.15, 0.2) is 71.3 Å². The van der Waals surface area contributed by atoms with Crippen LogP contribution in [0.1, 0.15) is 15.9 Å². The van der Waals surface area contributed by atoms with Crippen molar-refractivity contribution in [3.05, 3.63) is 83.0 Å². The summed E-state index contributed by atoms with van der Waals surface area (Å²) in [7, 11) is 3.05. The molecular formula is C25H18ClF3N2O4. The predicted octanol–water partition coefficient (Wildman–Crippen LogP) is 6.95. The molecule has 1 heterocycles. The van der Waals surface area contributed by atoms with Crippen LogP contribution in [0.4, 0.5) is 18.9 Å². The predicted molar refractivity (Wildman–Crippen MR) is 125 cm³/mol. The van der Waals surface area contributed by atoms with E-state index in [-0.39, 0.29) is 17.1 Å². The standard InChI is InChI=1S/C25H18ClF3N2O4/c1-33-15-8-9-18(21(12-15)34-2)22-13-30-24(35-22)17-6-4-3-5-16(17)23(32)31-14-7-10-20(26)19(11-14)25(27,28)29/h3-13H,1-2H3,(H,31,32). The zero-order valence-electron chi connectivity index (χ0n) is 18.4. The average molecular weight is 503 g/mol. The average Bonchev–Trinajstić information content (AvgIpc) is 3.34. The Labute approximate surface area is 203 Å². The van der Waals surface area contributed by atoms with Crippen LogP contribution in [-0.2, 0) is 6.18 Å². The zero-order valence-corrected chi connectivity index (χ0v) is 19.2. The van der Waals surface area contributed by atoms with Crippen molar-refractivity contribution in [2.45, 2.75) is 6.18 Å². The number of amides is 1. The molecule has 0 radical (unpaired) electrons. The summed E-state index contributed by atoms with van der Waals surface area (Å²) in [6.45, 7) is 0. The number of carbonyl (C=O) groups excluding carboxylic acids is 1. The minimum atomic E-state index is -4.66. The van der Waals surface area contributed by atoms with Gasteiger partial charge in [0.25, 0.3) is 5.91 Å². The van der Waals surface area contributed by atoms with Gasteiger partial charge in [-0.2, -0.15) is 13.2 Å². The highest BCUT2D eigenvalue weighted by Crippen LogP contribution is 2.37. The SMILES string of the molecule is COc1ccc(-c2cnc(-c3ccccc3C(=O)Nc3ccc(Cl)c(C(F)(F)F)c3)o2)c(OC)c1. The number of halogens is 4. The second-order valence-corrected chi connectivity index (χ2v) is 7.70. The van der Waals surface area contributed by atoms with Crippen LogP contribution < -0.4 is 14.8 Å². The van der Waals surface area contributed by atoms with Crippen molar-refractivity contribution in [3.63, 3.8) is 0 Å². The molecule has 0 aliphatic rings. The molecule has 3 aromatic carbocycles. The van der Waals surface area contributed by atoms with Crippen molar-refractivity contribution >= 4 is 23.2 Å². The number of methoxy groups -OCH3 is 2. The summed E-state index contributed by atoms with van der Waals surface area (Å²) < 4.78 is 56.1. The van der Waals surface area contributed by atoms with E-state index in [0.29, 0.717) is 28.4 Å². The van der Waals surface area contributed by atoms with Gasteiger partial charge >= 0.3 is 6.18 Å². The van der Waals surface area contributed by atoms with Gasteiger partial charge in [0.05, 0.1) is 42.1 Å². The number of nitrogens with zero attached hydrogens (tertiary/aromatic N) is 1. The van der Waals surface area contributed by atoms with E-state index in [2.05, 4.69) is 10.3 Å². The van der Waals surface area contributed by atoms with Gasteiger partial charge in [-0.15, -0.1) is 0 Å². The van der Waals surface area contributed by atoms with E-state index in [9.17, 15) is 18.0 Å². The third-order valence-corrected chi connectivity index (χ3v) is 5.44. The molecule has 10 heteroatoms. The summed E-state index contributed by atoms with van der Waals surface area (Å²) in [5, 5.41) is 2.02. The van der Waals surface area contributed by atoms with E-state index in [1.54, 1.807) is 36.4 Å². The fraction of sp³-hybridized carbons (Fsp3) is 0.120. The third kappa shape index (κ3) is 5.09. The van der Waals surface area contributed by atoms with Gasteiger partial charge in [-0.1, -0.05) is 23.7 Å². The Bertz CT molecular complexity index is 1390. The zero-order chi connectivity index (χ0) is 25.2. The van der Waals surface area contributed by atoms with Crippen molar-refractivity contribution in [1.29, 1.82) is 0 Å². The van der Waals surface area contributed by atoms with Crippen LogP contribution in [0.2, 0.25) is 5.02 Å². The van der Waals surface area contributed by atoms with Gasteiger partial charge in [-0.05, 0) is 42.5 Å². The van der Waals surface area contributed by atoms with Crippen molar-refractivity contribution in [2.75, 3.05) is 19.5 Å². The summed E-state index contributed by atoms with van der Waals surface area (Å²) in [5.41, 5.74) is 0.0308. The second kappa shape index (κ2) is 9.71. The topological polar surface area (TPSA) is 73.6 Å². The Morgan fingerprint density at radius 2 is 1.77 bits per heavy atom. The highest BCUT2D eigenvalue weighted by molar-refractivity contribution is 6.31. The molecule has 0 atom stereocenters. The molecule has 1 N–H and O–H groups in total. The van der Waals surface area contributed by atoms with Gasteiger partial charge in [0, 0.05) is 17.3 Å². The molecule has 0 aliphatic carbocycles. The first-order chi connectivity index (χ1) is 16.7. The van der Waals surface area contributed by atoms with Crippen molar-refractivity contribution in [3.8, 4) is 34.3 Å². The molecule has 0 unspecified atom stereocenters. The van der Waals surface area contributed by atoms with E-state index >= 15 is 0 Å². The molecule has 4 rings (SSSR count). The highest BCUT2D eigenvalue weighted by atomic mass is 35.5. The molecule has 35 heavy (non-hydrogen) atoms. The molecule has 0 spiro atoms.